The van der Waals surface area contributed by atoms with Gasteiger partial charge in [0.05, 0.1) is 11.1 Å². The Kier molecular flexibility index (Phi) is 3.24. The number of likely N-dealkylation sites (tertiary alicyclic amines) is 1. The van der Waals surface area contributed by atoms with Gasteiger partial charge < -0.3 is 10.6 Å². The first kappa shape index (κ1) is 14.1. The van der Waals surface area contributed by atoms with Gasteiger partial charge in [0.25, 0.3) is 11.8 Å². The van der Waals surface area contributed by atoms with Crippen LogP contribution >= 0.6 is 0 Å². The van der Waals surface area contributed by atoms with Crippen molar-refractivity contribution in [2.45, 2.75) is 32.4 Å². The van der Waals surface area contributed by atoms with E-state index >= 15 is 0 Å². The molecule has 5 heteroatoms. The number of carbonyl (C=O) groups excluding carboxylic acids is 2. The number of hydrogen-bond donors (Lipinski definition) is 1. The summed E-state index contributed by atoms with van der Waals surface area (Å²) in [6, 6.07) is 5.39. The Morgan fingerprint density at radius 2 is 1.90 bits per heavy atom. The van der Waals surface area contributed by atoms with Crippen LogP contribution in [0, 0.1) is 5.92 Å². The highest BCUT2D eigenvalue weighted by molar-refractivity contribution is 6.23. The molecule has 1 saturated heterocycles. The molecule has 3 unspecified atom stereocenters. The number of benzene rings is 1. The minimum atomic E-state index is -0.235. The predicted molar refractivity (Wildman–Crippen MR) is 81.0 cm³/mol. The van der Waals surface area contributed by atoms with Gasteiger partial charge in [0.2, 0.25) is 0 Å². The van der Waals surface area contributed by atoms with Crippen LogP contribution in [0.4, 0.5) is 5.69 Å². The third-order valence-corrected chi connectivity index (χ3v) is 4.88. The molecule has 0 spiro atoms. The lowest BCUT2D eigenvalue weighted by Gasteiger charge is -2.42. The average Bonchev–Trinajstić information content (AvgIpc) is 2.68. The van der Waals surface area contributed by atoms with Gasteiger partial charge in [0, 0.05) is 24.3 Å². The minimum absolute atomic E-state index is 0.0528. The van der Waals surface area contributed by atoms with E-state index in [4.69, 9.17) is 5.73 Å². The van der Waals surface area contributed by atoms with Crippen LogP contribution in [-0.4, -0.2) is 47.3 Å². The highest BCUT2D eigenvalue weighted by Gasteiger charge is 2.45. The third kappa shape index (κ3) is 2.03. The molecule has 2 aliphatic heterocycles. The fraction of sp³-hybridized carbons (Fsp3) is 0.500. The number of nitrogens with zero attached hydrogens (tertiary/aromatic N) is 2. The standard InChI is InChI=1S/C16H21N3O2/c1-9-8-18(3)10(2)7-13(9)19-15(20)11-5-4-6-12(17)14(11)16(19)21/h4-6,9-10,13H,7-8,17H2,1-3H3. The molecule has 0 saturated carbocycles. The zero-order chi connectivity index (χ0) is 15.3. The molecule has 1 aromatic carbocycles. The van der Waals surface area contributed by atoms with Crippen LogP contribution in [-0.2, 0) is 0 Å². The first-order valence-electron chi connectivity index (χ1n) is 7.38. The highest BCUT2D eigenvalue weighted by atomic mass is 16.2. The van der Waals surface area contributed by atoms with Crippen LogP contribution in [0.1, 0.15) is 41.0 Å². The van der Waals surface area contributed by atoms with E-state index in [9.17, 15) is 9.59 Å². The van der Waals surface area contributed by atoms with Gasteiger partial charge in [-0.1, -0.05) is 13.0 Å². The zero-order valence-corrected chi connectivity index (χ0v) is 12.7. The van der Waals surface area contributed by atoms with Crippen molar-refractivity contribution >= 4 is 17.5 Å². The van der Waals surface area contributed by atoms with E-state index in [1.54, 1.807) is 18.2 Å². The van der Waals surface area contributed by atoms with Gasteiger partial charge in [-0.15, -0.1) is 0 Å². The molecule has 21 heavy (non-hydrogen) atoms. The molecule has 2 amide bonds. The number of nitrogens with two attached hydrogens (primary N) is 1. The van der Waals surface area contributed by atoms with E-state index < -0.39 is 0 Å². The lowest BCUT2D eigenvalue weighted by molar-refractivity contribution is 0.0333. The largest absolute Gasteiger partial charge is 0.398 e. The first-order chi connectivity index (χ1) is 9.91. The lowest BCUT2D eigenvalue weighted by atomic mass is 9.88. The molecule has 1 fully saturated rings. The van der Waals surface area contributed by atoms with Crippen molar-refractivity contribution in [2.75, 3.05) is 19.3 Å². The van der Waals surface area contributed by atoms with Gasteiger partial charge in [0.1, 0.15) is 0 Å². The van der Waals surface area contributed by atoms with Crippen molar-refractivity contribution in [1.29, 1.82) is 0 Å². The molecular formula is C16H21N3O2. The van der Waals surface area contributed by atoms with Crippen molar-refractivity contribution in [3.63, 3.8) is 0 Å². The van der Waals surface area contributed by atoms with E-state index in [1.807, 2.05) is 0 Å². The lowest BCUT2D eigenvalue weighted by Crippen LogP contribution is -2.54. The number of amides is 2. The van der Waals surface area contributed by atoms with Crippen LogP contribution in [0.3, 0.4) is 0 Å². The van der Waals surface area contributed by atoms with Crippen molar-refractivity contribution in [2.24, 2.45) is 5.92 Å². The number of nitrogen functional groups attached to an aromatic ring is 1. The molecule has 2 heterocycles. The molecule has 3 atom stereocenters. The first-order valence-corrected chi connectivity index (χ1v) is 7.38. The second kappa shape index (κ2) is 4.84. The second-order valence-corrected chi connectivity index (χ2v) is 6.32. The van der Waals surface area contributed by atoms with Crippen molar-refractivity contribution in [3.8, 4) is 0 Å². The zero-order valence-electron chi connectivity index (χ0n) is 12.7. The number of anilines is 1. The Morgan fingerprint density at radius 1 is 1.19 bits per heavy atom. The molecule has 112 valence electrons. The normalized spacial score (nSPS) is 29.9. The maximum atomic E-state index is 12.7. The van der Waals surface area contributed by atoms with Crippen LogP contribution < -0.4 is 5.73 Å². The van der Waals surface area contributed by atoms with Gasteiger partial charge in [-0.05, 0) is 38.4 Å². The Bertz CT molecular complexity index is 614. The average molecular weight is 287 g/mol. The van der Waals surface area contributed by atoms with E-state index in [0.717, 1.165) is 13.0 Å². The highest BCUT2D eigenvalue weighted by Crippen LogP contribution is 2.34. The molecule has 1 aromatic rings. The number of rotatable bonds is 1. The van der Waals surface area contributed by atoms with E-state index in [2.05, 4.69) is 25.8 Å². The molecule has 0 bridgehead atoms. The summed E-state index contributed by atoms with van der Waals surface area (Å²) in [5, 5.41) is 0. The van der Waals surface area contributed by atoms with Crippen molar-refractivity contribution < 1.29 is 9.59 Å². The number of fused-ring (bicyclic) bond motifs is 1. The summed E-state index contributed by atoms with van der Waals surface area (Å²) in [6.07, 6.45) is 0.809. The predicted octanol–water partition coefficient (Wildman–Crippen LogP) is 1.59. The SMILES string of the molecule is CC1CN(C)C(C)CC1N1C(=O)c2cccc(N)c2C1=O. The number of piperidine rings is 1. The summed E-state index contributed by atoms with van der Waals surface area (Å²) in [6.45, 7) is 5.11. The van der Waals surface area contributed by atoms with Gasteiger partial charge >= 0.3 is 0 Å². The quantitative estimate of drug-likeness (QED) is 0.629. The summed E-state index contributed by atoms with van der Waals surface area (Å²) >= 11 is 0. The Balaban J connectivity index is 1.97. The van der Waals surface area contributed by atoms with Gasteiger partial charge in [-0.3, -0.25) is 14.5 Å². The summed E-state index contributed by atoms with van der Waals surface area (Å²) in [5.41, 5.74) is 7.10. The molecule has 0 aromatic heterocycles. The van der Waals surface area contributed by atoms with E-state index in [1.165, 1.54) is 4.90 Å². The topological polar surface area (TPSA) is 66.6 Å². The molecule has 2 aliphatic rings. The molecular weight excluding hydrogens is 266 g/mol. The Labute approximate surface area is 124 Å². The summed E-state index contributed by atoms with van der Waals surface area (Å²) in [5.74, 6) is -0.174. The van der Waals surface area contributed by atoms with E-state index in [0.29, 0.717) is 22.9 Å². The van der Waals surface area contributed by atoms with Gasteiger partial charge in [0.15, 0.2) is 0 Å². The van der Waals surface area contributed by atoms with Gasteiger partial charge in [-0.2, -0.15) is 0 Å². The maximum absolute atomic E-state index is 12.7. The Morgan fingerprint density at radius 3 is 2.57 bits per heavy atom. The maximum Gasteiger partial charge on any atom is 0.263 e. The number of imide groups is 1. The molecule has 3 rings (SSSR count). The molecule has 5 nitrogen and oxygen atoms in total. The number of hydrogen-bond acceptors (Lipinski definition) is 4. The Hall–Kier alpha value is -1.88. The summed E-state index contributed by atoms with van der Waals surface area (Å²) in [7, 11) is 2.08. The molecule has 2 N–H and O–H groups in total. The fourth-order valence-electron chi connectivity index (χ4n) is 3.51. The van der Waals surface area contributed by atoms with Crippen molar-refractivity contribution in [1.82, 2.24) is 9.80 Å². The molecule has 0 aliphatic carbocycles. The molecule has 0 radical (unpaired) electrons. The monoisotopic (exact) mass is 287 g/mol. The minimum Gasteiger partial charge on any atom is -0.398 e. The van der Waals surface area contributed by atoms with Crippen LogP contribution in [0.5, 0.6) is 0 Å². The smallest absolute Gasteiger partial charge is 0.263 e. The van der Waals surface area contributed by atoms with Crippen LogP contribution in [0.15, 0.2) is 18.2 Å². The van der Waals surface area contributed by atoms with Crippen molar-refractivity contribution in [3.05, 3.63) is 29.3 Å². The van der Waals surface area contributed by atoms with Crippen LogP contribution in [0.2, 0.25) is 0 Å². The second-order valence-electron chi connectivity index (χ2n) is 6.32. The number of carbonyl (C=O) groups is 2. The third-order valence-electron chi connectivity index (χ3n) is 4.88. The summed E-state index contributed by atoms with van der Waals surface area (Å²) in [4.78, 5) is 29.0. The van der Waals surface area contributed by atoms with Crippen LogP contribution in [0.25, 0.3) is 0 Å². The van der Waals surface area contributed by atoms with Gasteiger partial charge in [-0.25, -0.2) is 0 Å². The fourth-order valence-corrected chi connectivity index (χ4v) is 3.51. The summed E-state index contributed by atoms with van der Waals surface area (Å²) < 4.78 is 0. The van der Waals surface area contributed by atoms with E-state index in [-0.39, 0.29) is 23.8 Å².